The van der Waals surface area contributed by atoms with Crippen LogP contribution in [-0.4, -0.2) is 16.1 Å². The molecule has 3 nitrogen and oxygen atoms in total. The third kappa shape index (κ3) is 0.920. The Morgan fingerprint density at radius 1 is 1.46 bits per heavy atom. The average molecular weight is 238 g/mol. The molecule has 0 fully saturated rings. The molecule has 0 aliphatic carbocycles. The van der Waals surface area contributed by atoms with E-state index in [1.807, 2.05) is 12.1 Å². The van der Waals surface area contributed by atoms with Gasteiger partial charge < -0.3 is 9.88 Å². The van der Waals surface area contributed by atoms with Gasteiger partial charge in [-0.15, -0.1) is 0 Å². The van der Waals surface area contributed by atoms with Crippen LogP contribution in [0.3, 0.4) is 0 Å². The van der Waals surface area contributed by atoms with E-state index in [1.54, 1.807) is 0 Å². The Kier molecular flexibility index (Phi) is 1.41. The maximum absolute atomic E-state index is 4.50. The minimum Gasteiger partial charge on any atom is -0.354 e. The number of rotatable bonds is 0. The van der Waals surface area contributed by atoms with Crippen LogP contribution in [0.15, 0.2) is 22.7 Å². The Balaban J connectivity index is 2.44. The fraction of sp³-hybridized carbons (Fsp3) is 0.222. The summed E-state index contributed by atoms with van der Waals surface area (Å²) in [5.41, 5.74) is 2.25. The minimum absolute atomic E-state index is 0.988. The van der Waals surface area contributed by atoms with E-state index in [0.29, 0.717) is 0 Å². The van der Waals surface area contributed by atoms with E-state index < -0.39 is 0 Å². The van der Waals surface area contributed by atoms with Gasteiger partial charge in [0.05, 0.1) is 5.52 Å². The van der Waals surface area contributed by atoms with Crippen LogP contribution in [0.25, 0.3) is 11.0 Å². The second kappa shape index (κ2) is 2.48. The minimum atomic E-state index is 0.988. The van der Waals surface area contributed by atoms with Gasteiger partial charge in [0, 0.05) is 17.6 Å². The highest BCUT2D eigenvalue weighted by atomic mass is 79.9. The van der Waals surface area contributed by atoms with Crippen molar-refractivity contribution < 1.29 is 0 Å². The van der Waals surface area contributed by atoms with Gasteiger partial charge in [-0.25, -0.2) is 4.98 Å². The van der Waals surface area contributed by atoms with E-state index in [4.69, 9.17) is 0 Å². The molecule has 0 radical (unpaired) electrons. The number of aromatic nitrogens is 2. The molecule has 0 saturated heterocycles. The molecule has 0 saturated carbocycles. The Bertz CT molecular complexity index is 475. The molecule has 2 aromatic rings. The molecule has 1 aromatic carbocycles. The lowest BCUT2D eigenvalue weighted by molar-refractivity contribution is 0.837. The van der Waals surface area contributed by atoms with Gasteiger partial charge in [-0.1, -0.05) is 6.07 Å². The maximum atomic E-state index is 4.50. The zero-order valence-corrected chi connectivity index (χ0v) is 8.50. The highest BCUT2D eigenvalue weighted by molar-refractivity contribution is 9.10. The first-order valence-electron chi connectivity index (χ1n) is 4.25. The molecule has 0 spiro atoms. The number of halogens is 1. The summed E-state index contributed by atoms with van der Waals surface area (Å²) in [5, 5.41) is 3.25. The van der Waals surface area contributed by atoms with Crippen molar-refractivity contribution in [1.29, 1.82) is 0 Å². The van der Waals surface area contributed by atoms with Gasteiger partial charge in [0.1, 0.15) is 5.52 Å². The molecule has 0 unspecified atom stereocenters. The van der Waals surface area contributed by atoms with Crippen LogP contribution < -0.4 is 5.32 Å². The number of anilines is 1. The molecule has 1 N–H and O–H groups in total. The smallest absolute Gasteiger partial charge is 0.204 e. The molecule has 0 bridgehead atoms. The number of fused-ring (bicyclic) bond motifs is 3. The number of hydrogen-bond donors (Lipinski definition) is 1. The van der Waals surface area contributed by atoms with Crippen LogP contribution in [0.2, 0.25) is 0 Å². The van der Waals surface area contributed by atoms with Crippen LogP contribution >= 0.6 is 15.9 Å². The maximum Gasteiger partial charge on any atom is 0.204 e. The number of hydrogen-bond acceptors (Lipinski definition) is 2. The van der Waals surface area contributed by atoms with Crippen LogP contribution in [0.1, 0.15) is 0 Å². The van der Waals surface area contributed by atoms with Crippen molar-refractivity contribution >= 4 is 32.9 Å². The Hall–Kier alpha value is -1.03. The number of para-hydroxylation sites is 1. The summed E-state index contributed by atoms with van der Waals surface area (Å²) in [6, 6.07) is 6.16. The normalized spacial score (nSPS) is 14.5. The van der Waals surface area contributed by atoms with Crippen molar-refractivity contribution in [2.45, 2.75) is 6.54 Å². The van der Waals surface area contributed by atoms with Gasteiger partial charge in [-0.2, -0.15) is 0 Å². The topological polar surface area (TPSA) is 29.9 Å². The van der Waals surface area contributed by atoms with Crippen molar-refractivity contribution in [2.24, 2.45) is 0 Å². The predicted molar refractivity (Wildman–Crippen MR) is 55.9 cm³/mol. The molecule has 1 aromatic heterocycles. The molecule has 66 valence electrons. The first kappa shape index (κ1) is 7.38. The van der Waals surface area contributed by atoms with Gasteiger partial charge in [0.15, 0.2) is 0 Å². The van der Waals surface area contributed by atoms with Crippen molar-refractivity contribution in [2.75, 3.05) is 11.9 Å². The van der Waals surface area contributed by atoms with E-state index in [1.165, 1.54) is 5.52 Å². The summed E-state index contributed by atoms with van der Waals surface area (Å²) in [6.45, 7) is 2.01. The molecule has 1 aliphatic heterocycles. The quantitative estimate of drug-likeness (QED) is 0.762. The molecular formula is C9H8BrN3. The SMILES string of the molecule is Brc1cccc2c1nc1n2CCN1. The molecule has 3 rings (SSSR count). The van der Waals surface area contributed by atoms with Crippen molar-refractivity contribution in [3.05, 3.63) is 22.7 Å². The molecule has 13 heavy (non-hydrogen) atoms. The van der Waals surface area contributed by atoms with Gasteiger partial charge in [-0.3, -0.25) is 0 Å². The Morgan fingerprint density at radius 3 is 3.31 bits per heavy atom. The average Bonchev–Trinajstić information content (AvgIpc) is 2.65. The summed E-state index contributed by atoms with van der Waals surface area (Å²) in [6.07, 6.45) is 0. The molecule has 1 aliphatic rings. The van der Waals surface area contributed by atoms with E-state index >= 15 is 0 Å². The highest BCUT2D eigenvalue weighted by Gasteiger charge is 2.15. The third-order valence-corrected chi connectivity index (χ3v) is 2.99. The van der Waals surface area contributed by atoms with Crippen LogP contribution in [0.5, 0.6) is 0 Å². The van der Waals surface area contributed by atoms with Crippen LogP contribution in [0.4, 0.5) is 5.95 Å². The summed E-state index contributed by atoms with van der Waals surface area (Å²) < 4.78 is 3.27. The Labute approximate surface area is 83.9 Å². The number of nitrogens with zero attached hydrogens (tertiary/aromatic N) is 2. The van der Waals surface area contributed by atoms with Crippen LogP contribution in [0, 0.1) is 0 Å². The van der Waals surface area contributed by atoms with Crippen molar-refractivity contribution in [3.8, 4) is 0 Å². The van der Waals surface area contributed by atoms with Gasteiger partial charge in [-0.05, 0) is 28.1 Å². The highest BCUT2D eigenvalue weighted by Crippen LogP contribution is 2.28. The van der Waals surface area contributed by atoms with E-state index in [9.17, 15) is 0 Å². The zero-order chi connectivity index (χ0) is 8.84. The molecule has 4 heteroatoms. The fourth-order valence-electron chi connectivity index (χ4n) is 1.75. The summed E-state index contributed by atoms with van der Waals surface area (Å²) in [7, 11) is 0. The first-order valence-corrected chi connectivity index (χ1v) is 5.04. The van der Waals surface area contributed by atoms with Crippen molar-refractivity contribution in [3.63, 3.8) is 0 Å². The summed E-state index contributed by atoms with van der Waals surface area (Å²) in [4.78, 5) is 4.50. The lowest BCUT2D eigenvalue weighted by atomic mass is 10.3. The number of benzene rings is 1. The largest absolute Gasteiger partial charge is 0.354 e. The third-order valence-electron chi connectivity index (χ3n) is 2.35. The molecule has 2 heterocycles. The van der Waals surface area contributed by atoms with Gasteiger partial charge in [0.2, 0.25) is 5.95 Å². The fourth-order valence-corrected chi connectivity index (χ4v) is 2.20. The van der Waals surface area contributed by atoms with Crippen LogP contribution in [-0.2, 0) is 6.54 Å². The number of imidazole rings is 1. The second-order valence-corrected chi connectivity index (χ2v) is 3.98. The zero-order valence-electron chi connectivity index (χ0n) is 6.92. The van der Waals surface area contributed by atoms with Crippen molar-refractivity contribution in [1.82, 2.24) is 9.55 Å². The molecule has 0 atom stereocenters. The van der Waals surface area contributed by atoms with E-state index in [-0.39, 0.29) is 0 Å². The molecular weight excluding hydrogens is 230 g/mol. The number of nitrogens with one attached hydrogen (secondary N) is 1. The van der Waals surface area contributed by atoms with E-state index in [2.05, 4.69) is 36.9 Å². The summed E-state index contributed by atoms with van der Waals surface area (Å²) >= 11 is 3.49. The Morgan fingerprint density at radius 2 is 2.38 bits per heavy atom. The van der Waals surface area contributed by atoms with E-state index in [0.717, 1.165) is 29.0 Å². The lowest BCUT2D eigenvalue weighted by Gasteiger charge is -1.96. The molecule has 0 amide bonds. The first-order chi connectivity index (χ1) is 6.36. The summed E-state index contributed by atoms with van der Waals surface area (Å²) in [5.74, 6) is 0.988. The predicted octanol–water partition coefficient (Wildman–Crippen LogP) is 2.22. The van der Waals surface area contributed by atoms with Gasteiger partial charge >= 0.3 is 0 Å². The monoisotopic (exact) mass is 237 g/mol. The standard InChI is InChI=1S/C9H8BrN3/c10-6-2-1-3-7-8(6)12-9-11-4-5-13(7)9/h1-3H,4-5H2,(H,11,12). The van der Waals surface area contributed by atoms with Gasteiger partial charge in [0.25, 0.3) is 0 Å². The second-order valence-electron chi connectivity index (χ2n) is 3.12. The lowest BCUT2D eigenvalue weighted by Crippen LogP contribution is -1.94.